The second kappa shape index (κ2) is 6.96. The Morgan fingerprint density at radius 1 is 1.20 bits per heavy atom. The summed E-state index contributed by atoms with van der Waals surface area (Å²) in [5.74, 6) is 0.214. The number of rotatable bonds is 5. The van der Waals surface area contributed by atoms with E-state index in [0.29, 0.717) is 17.9 Å². The van der Waals surface area contributed by atoms with Crippen molar-refractivity contribution in [2.45, 2.75) is 13.5 Å². The van der Waals surface area contributed by atoms with E-state index >= 15 is 0 Å². The largest absolute Gasteiger partial charge is 0.307 e. The average Bonchev–Trinajstić information content (AvgIpc) is 3.01. The molecule has 0 aliphatic rings. The molecule has 126 valence electrons. The Kier molecular flexibility index (Phi) is 4.56. The Hall–Kier alpha value is -3.48. The lowest BCUT2D eigenvalue weighted by Crippen LogP contribution is -2.16. The zero-order valence-electron chi connectivity index (χ0n) is 13.5. The van der Waals surface area contributed by atoms with Crippen LogP contribution in [0.5, 0.6) is 0 Å². The summed E-state index contributed by atoms with van der Waals surface area (Å²) in [4.78, 5) is 22.5. The van der Waals surface area contributed by atoms with Gasteiger partial charge in [-0.15, -0.1) is 0 Å². The quantitative estimate of drug-likeness (QED) is 0.571. The lowest BCUT2D eigenvalue weighted by molar-refractivity contribution is -0.384. The molecule has 7 heteroatoms. The minimum Gasteiger partial charge on any atom is -0.307 e. The topological polar surface area (TPSA) is 90.1 Å². The number of non-ortho nitro benzene ring substituents is 1. The van der Waals surface area contributed by atoms with Crippen LogP contribution in [0.15, 0.2) is 60.8 Å². The second-order valence-electron chi connectivity index (χ2n) is 5.62. The zero-order valence-corrected chi connectivity index (χ0v) is 13.5. The Balaban J connectivity index is 1.74. The zero-order chi connectivity index (χ0) is 17.8. The summed E-state index contributed by atoms with van der Waals surface area (Å²) >= 11 is 0. The van der Waals surface area contributed by atoms with E-state index < -0.39 is 4.92 Å². The molecule has 0 fully saturated rings. The van der Waals surface area contributed by atoms with Crippen molar-refractivity contribution < 1.29 is 9.72 Å². The number of nitro groups is 1. The van der Waals surface area contributed by atoms with Crippen molar-refractivity contribution in [3.63, 3.8) is 0 Å². The van der Waals surface area contributed by atoms with E-state index in [1.54, 1.807) is 16.9 Å². The van der Waals surface area contributed by atoms with E-state index in [9.17, 15) is 14.9 Å². The normalized spacial score (nSPS) is 10.4. The van der Waals surface area contributed by atoms with Crippen LogP contribution in [-0.2, 0) is 6.54 Å². The van der Waals surface area contributed by atoms with E-state index in [-0.39, 0.29) is 11.6 Å². The van der Waals surface area contributed by atoms with Crippen LogP contribution >= 0.6 is 0 Å². The fraction of sp³-hybridized carbons (Fsp3) is 0.111. The highest BCUT2D eigenvalue weighted by Crippen LogP contribution is 2.15. The van der Waals surface area contributed by atoms with Gasteiger partial charge >= 0.3 is 0 Å². The number of amides is 1. The first-order chi connectivity index (χ1) is 12.0. The summed E-state index contributed by atoms with van der Waals surface area (Å²) in [6.45, 7) is 2.55. The van der Waals surface area contributed by atoms with Gasteiger partial charge in [-0.3, -0.25) is 14.9 Å². The van der Waals surface area contributed by atoms with E-state index in [2.05, 4.69) is 16.5 Å². The standard InChI is InChI=1S/C18H16N4O3/c1-13-3-2-4-14(11-13)12-21-17(9-10-19-21)20-18(23)15-5-7-16(8-6-15)22(24)25/h2-11H,12H2,1H3,(H,20,23). The molecule has 0 bridgehead atoms. The molecule has 0 saturated heterocycles. The summed E-state index contributed by atoms with van der Waals surface area (Å²) in [6, 6.07) is 15.2. The van der Waals surface area contributed by atoms with Crippen molar-refractivity contribution in [3.8, 4) is 0 Å². The van der Waals surface area contributed by atoms with Gasteiger partial charge in [0, 0.05) is 23.8 Å². The summed E-state index contributed by atoms with van der Waals surface area (Å²) in [5.41, 5.74) is 2.52. The van der Waals surface area contributed by atoms with Gasteiger partial charge < -0.3 is 5.32 Å². The first-order valence-electron chi connectivity index (χ1n) is 7.66. The molecule has 0 aliphatic carbocycles. The molecule has 0 atom stereocenters. The molecule has 2 aromatic carbocycles. The van der Waals surface area contributed by atoms with Crippen LogP contribution < -0.4 is 5.32 Å². The molecule has 0 unspecified atom stereocenters. The molecule has 0 radical (unpaired) electrons. The smallest absolute Gasteiger partial charge is 0.269 e. The van der Waals surface area contributed by atoms with Crippen LogP contribution in [0.4, 0.5) is 11.5 Å². The molecular weight excluding hydrogens is 320 g/mol. The third kappa shape index (κ3) is 3.89. The lowest BCUT2D eigenvalue weighted by atomic mass is 10.1. The fourth-order valence-electron chi connectivity index (χ4n) is 2.47. The number of hydrogen-bond donors (Lipinski definition) is 1. The molecule has 3 rings (SSSR count). The van der Waals surface area contributed by atoms with Crippen LogP contribution in [0.3, 0.4) is 0 Å². The van der Waals surface area contributed by atoms with E-state index in [4.69, 9.17) is 0 Å². The van der Waals surface area contributed by atoms with Gasteiger partial charge in [-0.25, -0.2) is 4.68 Å². The second-order valence-corrected chi connectivity index (χ2v) is 5.62. The minimum atomic E-state index is -0.501. The summed E-state index contributed by atoms with van der Waals surface area (Å²) in [6.07, 6.45) is 1.61. The Labute approximate surface area is 144 Å². The van der Waals surface area contributed by atoms with Crippen LogP contribution in [0.1, 0.15) is 21.5 Å². The molecule has 0 aliphatic heterocycles. The van der Waals surface area contributed by atoms with Crippen molar-refractivity contribution >= 4 is 17.4 Å². The number of carbonyl (C=O) groups excluding carboxylic acids is 1. The number of anilines is 1. The maximum atomic E-state index is 12.3. The molecular formula is C18H16N4O3. The van der Waals surface area contributed by atoms with E-state index in [0.717, 1.165) is 11.1 Å². The third-order valence-corrected chi connectivity index (χ3v) is 3.71. The van der Waals surface area contributed by atoms with Gasteiger partial charge in [0.05, 0.1) is 17.7 Å². The van der Waals surface area contributed by atoms with Gasteiger partial charge in [-0.2, -0.15) is 5.10 Å². The molecule has 0 spiro atoms. The maximum absolute atomic E-state index is 12.3. The first kappa shape index (κ1) is 16.4. The summed E-state index contributed by atoms with van der Waals surface area (Å²) < 4.78 is 1.69. The number of nitro benzene ring substituents is 1. The van der Waals surface area contributed by atoms with Crippen molar-refractivity contribution in [2.24, 2.45) is 0 Å². The molecule has 1 heterocycles. The van der Waals surface area contributed by atoms with Gasteiger partial charge in [-0.1, -0.05) is 29.8 Å². The molecule has 1 N–H and O–H groups in total. The Morgan fingerprint density at radius 2 is 1.96 bits per heavy atom. The summed E-state index contributed by atoms with van der Waals surface area (Å²) in [5, 5.41) is 17.7. The number of aryl methyl sites for hydroxylation is 1. The minimum absolute atomic E-state index is 0.0546. The molecule has 0 saturated carbocycles. The highest BCUT2D eigenvalue weighted by atomic mass is 16.6. The van der Waals surface area contributed by atoms with Gasteiger partial charge in [0.1, 0.15) is 5.82 Å². The van der Waals surface area contributed by atoms with Gasteiger partial charge in [0.15, 0.2) is 0 Å². The first-order valence-corrected chi connectivity index (χ1v) is 7.66. The Bertz CT molecular complexity index is 916. The van der Waals surface area contributed by atoms with E-state index in [1.807, 2.05) is 25.1 Å². The summed E-state index contributed by atoms with van der Waals surface area (Å²) in [7, 11) is 0. The van der Waals surface area contributed by atoms with Crippen molar-refractivity contribution in [2.75, 3.05) is 5.32 Å². The highest BCUT2D eigenvalue weighted by molar-refractivity contribution is 6.03. The number of carbonyl (C=O) groups is 1. The average molecular weight is 336 g/mol. The molecule has 1 aromatic heterocycles. The molecule has 1 amide bonds. The lowest BCUT2D eigenvalue weighted by Gasteiger charge is -2.09. The van der Waals surface area contributed by atoms with Crippen molar-refractivity contribution in [1.29, 1.82) is 0 Å². The van der Waals surface area contributed by atoms with Crippen LogP contribution in [0.2, 0.25) is 0 Å². The molecule has 3 aromatic rings. The van der Waals surface area contributed by atoms with Crippen LogP contribution in [0.25, 0.3) is 0 Å². The van der Waals surface area contributed by atoms with Gasteiger partial charge in [0.2, 0.25) is 0 Å². The van der Waals surface area contributed by atoms with Crippen LogP contribution in [0, 0.1) is 17.0 Å². The fourth-order valence-corrected chi connectivity index (χ4v) is 2.47. The maximum Gasteiger partial charge on any atom is 0.269 e. The number of nitrogens with zero attached hydrogens (tertiary/aromatic N) is 3. The third-order valence-electron chi connectivity index (χ3n) is 3.71. The van der Waals surface area contributed by atoms with E-state index in [1.165, 1.54) is 24.3 Å². The van der Waals surface area contributed by atoms with Gasteiger partial charge in [-0.05, 0) is 24.6 Å². The van der Waals surface area contributed by atoms with Crippen molar-refractivity contribution in [3.05, 3.63) is 87.6 Å². The highest BCUT2D eigenvalue weighted by Gasteiger charge is 2.12. The Morgan fingerprint density at radius 3 is 2.64 bits per heavy atom. The number of aromatic nitrogens is 2. The number of nitrogens with one attached hydrogen (secondary N) is 1. The molecule has 25 heavy (non-hydrogen) atoms. The number of hydrogen-bond acceptors (Lipinski definition) is 4. The monoisotopic (exact) mass is 336 g/mol. The molecule has 7 nitrogen and oxygen atoms in total. The van der Waals surface area contributed by atoms with Gasteiger partial charge in [0.25, 0.3) is 11.6 Å². The number of benzene rings is 2. The predicted molar refractivity (Wildman–Crippen MR) is 93.6 cm³/mol. The van der Waals surface area contributed by atoms with Crippen molar-refractivity contribution in [1.82, 2.24) is 9.78 Å². The predicted octanol–water partition coefficient (Wildman–Crippen LogP) is 3.40. The SMILES string of the molecule is Cc1cccc(Cn2nccc2NC(=O)c2ccc([N+](=O)[O-])cc2)c1. The van der Waals surface area contributed by atoms with Crippen LogP contribution in [-0.4, -0.2) is 20.6 Å².